The first-order valence-corrected chi connectivity index (χ1v) is 10.1. The second kappa shape index (κ2) is 8.38. The molecule has 2 aromatic carbocycles. The topological polar surface area (TPSA) is 21.1 Å². The van der Waals surface area contributed by atoms with Crippen molar-refractivity contribution >= 4 is 50.2 Å². The molecule has 3 nitrogen and oxygen atoms in total. The van der Waals surface area contributed by atoms with Crippen molar-refractivity contribution in [1.82, 2.24) is 14.5 Å². The second-order valence-electron chi connectivity index (χ2n) is 6.57. The molecule has 0 bridgehead atoms. The Labute approximate surface area is 168 Å². The standard InChI is InChI=1S/C20H20BrN3.CH3Cl/c1-23(2)9-10-24-19-6-4-3-5-18(19)22-20(24)16-11-14-7-8-17(21)13-15(14)12-16;1-2/h3-8,11,13H,9-10,12H2,1-2H3;1H3. The first kappa shape index (κ1) is 19.2. The van der Waals surface area contributed by atoms with E-state index in [-0.39, 0.29) is 0 Å². The van der Waals surface area contributed by atoms with Crippen molar-refractivity contribution in [2.45, 2.75) is 13.0 Å². The molecule has 0 N–H and O–H groups in total. The van der Waals surface area contributed by atoms with E-state index >= 15 is 0 Å². The van der Waals surface area contributed by atoms with E-state index < -0.39 is 0 Å². The number of allylic oxidation sites excluding steroid dienone is 1. The zero-order valence-electron chi connectivity index (χ0n) is 15.3. The monoisotopic (exact) mass is 431 g/mol. The molecule has 5 heteroatoms. The molecule has 0 radical (unpaired) electrons. The van der Waals surface area contributed by atoms with Crippen LogP contribution < -0.4 is 0 Å². The van der Waals surface area contributed by atoms with E-state index in [4.69, 9.17) is 4.98 Å². The normalized spacial score (nSPS) is 12.8. The van der Waals surface area contributed by atoms with E-state index in [1.165, 1.54) is 28.6 Å². The minimum absolute atomic E-state index is 0.945. The molecule has 1 heterocycles. The number of fused-ring (bicyclic) bond motifs is 2. The van der Waals surface area contributed by atoms with Gasteiger partial charge in [-0.3, -0.25) is 0 Å². The van der Waals surface area contributed by atoms with Crippen LogP contribution in [0.25, 0.3) is 22.7 Å². The summed E-state index contributed by atoms with van der Waals surface area (Å²) in [5, 5.41) is 0. The van der Waals surface area contributed by atoms with Crippen molar-refractivity contribution in [2.24, 2.45) is 0 Å². The number of hydrogen-bond acceptors (Lipinski definition) is 2. The summed E-state index contributed by atoms with van der Waals surface area (Å²) in [6.07, 6.45) is 4.70. The van der Waals surface area contributed by atoms with Crippen LogP contribution >= 0.6 is 27.5 Å². The summed E-state index contributed by atoms with van der Waals surface area (Å²) in [5.41, 5.74) is 6.26. The van der Waals surface area contributed by atoms with Gasteiger partial charge >= 0.3 is 0 Å². The highest BCUT2D eigenvalue weighted by Gasteiger charge is 2.20. The van der Waals surface area contributed by atoms with E-state index in [1.54, 1.807) is 0 Å². The predicted molar refractivity (Wildman–Crippen MR) is 116 cm³/mol. The lowest BCUT2D eigenvalue weighted by Gasteiger charge is -2.14. The van der Waals surface area contributed by atoms with Crippen molar-refractivity contribution < 1.29 is 0 Å². The van der Waals surface area contributed by atoms with E-state index in [0.717, 1.165) is 35.3 Å². The number of rotatable bonds is 4. The smallest absolute Gasteiger partial charge is 0.137 e. The van der Waals surface area contributed by atoms with Crippen molar-refractivity contribution in [3.05, 3.63) is 63.9 Å². The minimum Gasteiger partial charge on any atom is -0.323 e. The van der Waals surface area contributed by atoms with Crippen LogP contribution in [0.15, 0.2) is 46.9 Å². The summed E-state index contributed by atoms with van der Waals surface area (Å²) >= 11 is 8.21. The molecule has 1 aromatic heterocycles. The van der Waals surface area contributed by atoms with Crippen molar-refractivity contribution in [1.29, 1.82) is 0 Å². The molecule has 0 unspecified atom stereocenters. The lowest BCUT2D eigenvalue weighted by atomic mass is 10.1. The Morgan fingerprint density at radius 3 is 2.69 bits per heavy atom. The van der Waals surface area contributed by atoms with Gasteiger partial charge in [-0.1, -0.05) is 34.1 Å². The van der Waals surface area contributed by atoms with E-state index in [9.17, 15) is 0 Å². The Bertz CT molecular complexity index is 944. The third kappa shape index (κ3) is 3.88. The number of hydrogen-bond donors (Lipinski definition) is 0. The maximum absolute atomic E-state index is 4.94. The molecule has 0 spiro atoms. The molecule has 0 amide bonds. The predicted octanol–water partition coefficient (Wildman–Crippen LogP) is 5.31. The summed E-state index contributed by atoms with van der Waals surface area (Å²) in [6, 6.07) is 14.9. The highest BCUT2D eigenvalue weighted by atomic mass is 79.9. The molecular weight excluding hydrogens is 410 g/mol. The molecule has 0 saturated heterocycles. The van der Waals surface area contributed by atoms with Crippen LogP contribution in [-0.4, -0.2) is 41.5 Å². The summed E-state index contributed by atoms with van der Waals surface area (Å²) in [7, 11) is 4.22. The van der Waals surface area contributed by atoms with E-state index in [0.29, 0.717) is 0 Å². The van der Waals surface area contributed by atoms with Crippen LogP contribution in [0.2, 0.25) is 0 Å². The summed E-state index contributed by atoms with van der Waals surface area (Å²) in [4.78, 5) is 7.16. The van der Waals surface area contributed by atoms with E-state index in [2.05, 4.69) is 99.6 Å². The van der Waals surface area contributed by atoms with Gasteiger partial charge in [-0.15, -0.1) is 11.6 Å². The molecule has 4 rings (SSSR count). The Morgan fingerprint density at radius 1 is 1.15 bits per heavy atom. The van der Waals surface area contributed by atoms with Gasteiger partial charge in [0.05, 0.1) is 11.0 Å². The second-order valence-corrected chi connectivity index (χ2v) is 7.48. The SMILES string of the molecule is CCl.CN(C)CCn1c(C2=Cc3ccc(Br)cc3C2)nc2ccccc21. The van der Waals surface area contributed by atoms with Crippen LogP contribution in [0.1, 0.15) is 17.0 Å². The first-order chi connectivity index (χ1) is 12.6. The molecular formula is C21H23BrClN3. The number of nitrogens with zero attached hydrogens (tertiary/aromatic N) is 3. The maximum Gasteiger partial charge on any atom is 0.137 e. The zero-order chi connectivity index (χ0) is 18.7. The zero-order valence-corrected chi connectivity index (χ0v) is 17.7. The van der Waals surface area contributed by atoms with Crippen LogP contribution in [0.3, 0.4) is 0 Å². The Morgan fingerprint density at radius 2 is 1.92 bits per heavy atom. The third-order valence-corrected chi connectivity index (χ3v) is 5.02. The highest BCUT2D eigenvalue weighted by molar-refractivity contribution is 9.10. The molecule has 3 aromatic rings. The molecule has 0 aliphatic heterocycles. The summed E-state index contributed by atoms with van der Waals surface area (Å²) in [6.45, 7) is 1.94. The third-order valence-electron chi connectivity index (χ3n) is 4.53. The van der Waals surface area contributed by atoms with Gasteiger partial charge in [0.25, 0.3) is 0 Å². The molecule has 26 heavy (non-hydrogen) atoms. The number of alkyl halides is 1. The number of benzene rings is 2. The van der Waals surface area contributed by atoms with Gasteiger partial charge in [-0.25, -0.2) is 4.98 Å². The Balaban J connectivity index is 0.000000948. The minimum atomic E-state index is 0.945. The van der Waals surface area contributed by atoms with Crippen molar-refractivity contribution in [3.8, 4) is 0 Å². The molecule has 0 atom stereocenters. The summed E-state index contributed by atoms with van der Waals surface area (Å²) in [5.74, 6) is 1.10. The Kier molecular flexibility index (Phi) is 6.17. The number of likely N-dealkylation sites (N-methyl/N-ethyl adjacent to an activating group) is 1. The van der Waals surface area contributed by atoms with Crippen LogP contribution in [-0.2, 0) is 13.0 Å². The number of para-hydroxylation sites is 2. The number of aromatic nitrogens is 2. The number of imidazole rings is 1. The fraction of sp³-hybridized carbons (Fsp3) is 0.286. The lowest BCUT2D eigenvalue weighted by molar-refractivity contribution is 0.385. The largest absolute Gasteiger partial charge is 0.323 e. The molecule has 136 valence electrons. The molecule has 1 aliphatic carbocycles. The highest BCUT2D eigenvalue weighted by Crippen LogP contribution is 2.34. The van der Waals surface area contributed by atoms with Gasteiger partial charge in [-0.05, 0) is 55.6 Å². The summed E-state index contributed by atoms with van der Waals surface area (Å²) < 4.78 is 3.50. The number of halogens is 2. The lowest BCUT2D eigenvalue weighted by Crippen LogP contribution is -2.19. The van der Waals surface area contributed by atoms with Gasteiger partial charge in [0.2, 0.25) is 0 Å². The average Bonchev–Trinajstić information content (AvgIpc) is 3.22. The molecule has 0 saturated carbocycles. The van der Waals surface area contributed by atoms with E-state index in [1.807, 2.05) is 0 Å². The van der Waals surface area contributed by atoms with Crippen LogP contribution in [0, 0.1) is 0 Å². The average molecular weight is 433 g/mol. The van der Waals surface area contributed by atoms with Gasteiger partial charge in [0.1, 0.15) is 5.82 Å². The van der Waals surface area contributed by atoms with Crippen LogP contribution in [0.4, 0.5) is 0 Å². The van der Waals surface area contributed by atoms with Gasteiger partial charge in [0.15, 0.2) is 0 Å². The van der Waals surface area contributed by atoms with Crippen molar-refractivity contribution in [3.63, 3.8) is 0 Å². The quantitative estimate of drug-likeness (QED) is 0.521. The molecule has 0 fully saturated rings. The maximum atomic E-state index is 4.94. The van der Waals surface area contributed by atoms with Crippen LogP contribution in [0.5, 0.6) is 0 Å². The Hall–Kier alpha value is -1.62. The van der Waals surface area contributed by atoms with Gasteiger partial charge in [0, 0.05) is 35.9 Å². The van der Waals surface area contributed by atoms with Crippen molar-refractivity contribution in [2.75, 3.05) is 27.0 Å². The van der Waals surface area contributed by atoms with Gasteiger partial charge < -0.3 is 9.47 Å². The fourth-order valence-electron chi connectivity index (χ4n) is 3.30. The first-order valence-electron chi connectivity index (χ1n) is 8.59. The molecule has 1 aliphatic rings. The fourth-order valence-corrected chi connectivity index (χ4v) is 3.71. The van der Waals surface area contributed by atoms with Gasteiger partial charge in [-0.2, -0.15) is 0 Å².